The molecule has 2 aromatic carbocycles. The number of terminal acetylenes is 1. The second-order valence-corrected chi connectivity index (χ2v) is 13.4. The number of halogens is 1. The first kappa shape index (κ1) is 26.9. The molecule has 0 spiro atoms. The number of piperidine rings is 1. The van der Waals surface area contributed by atoms with E-state index in [4.69, 9.17) is 16.1 Å². The van der Waals surface area contributed by atoms with E-state index < -0.39 is 6.17 Å². The Bertz CT molecular complexity index is 1660. The highest BCUT2D eigenvalue weighted by Crippen LogP contribution is 2.44. The molecule has 4 atom stereocenters. The topological polar surface area (TPSA) is 64.4 Å². The molecule has 1 N–H and O–H groups in total. The van der Waals surface area contributed by atoms with Gasteiger partial charge in [0.15, 0.2) is 0 Å². The fraction of sp³-hybridized carbons (Fsp3) is 0.500. The smallest absolute Gasteiger partial charge is 0.232 e. The largest absolute Gasteiger partial charge is 0.475 e. The number of pyridine rings is 1. The quantitative estimate of drug-likeness (QED) is 0.400. The van der Waals surface area contributed by atoms with E-state index in [1.54, 1.807) is 0 Å². The molecule has 0 amide bonds. The van der Waals surface area contributed by atoms with Gasteiger partial charge in [0.25, 0.3) is 0 Å². The summed E-state index contributed by atoms with van der Waals surface area (Å²) < 4.78 is 21.1. The number of nitriles is 1. The minimum atomic E-state index is -0.821. The van der Waals surface area contributed by atoms with Gasteiger partial charge in [0.2, 0.25) is 5.88 Å². The molecule has 4 fully saturated rings. The van der Waals surface area contributed by atoms with Crippen LogP contribution in [0.15, 0.2) is 36.4 Å². The van der Waals surface area contributed by atoms with Gasteiger partial charge in [-0.2, -0.15) is 5.26 Å². The summed E-state index contributed by atoms with van der Waals surface area (Å²) in [6.07, 6.45) is 13.0. The fourth-order valence-corrected chi connectivity index (χ4v) is 9.04. The summed E-state index contributed by atoms with van der Waals surface area (Å²) in [6.45, 7) is 3.20. The van der Waals surface area contributed by atoms with E-state index in [0.29, 0.717) is 55.6 Å². The van der Waals surface area contributed by atoms with Crippen LogP contribution in [0.5, 0.6) is 5.88 Å². The summed E-state index contributed by atoms with van der Waals surface area (Å²) in [5.41, 5.74) is 5.61. The van der Waals surface area contributed by atoms with Crippen LogP contribution in [0.3, 0.4) is 0 Å². The third-order valence-corrected chi connectivity index (χ3v) is 11.0. The number of hydrogen-bond donors (Lipinski definition) is 1. The van der Waals surface area contributed by atoms with Gasteiger partial charge in [-0.1, -0.05) is 30.2 Å². The normalized spacial score (nSPS) is 29.7. The first-order chi connectivity index (χ1) is 21.0. The van der Waals surface area contributed by atoms with Crippen molar-refractivity contribution in [1.29, 1.82) is 5.26 Å². The molecule has 4 unspecified atom stereocenters. The maximum atomic E-state index is 14.6. The first-order valence-electron chi connectivity index (χ1n) is 16.0. The Morgan fingerprint density at radius 1 is 1.12 bits per heavy atom. The zero-order chi connectivity index (χ0) is 29.1. The standard InChI is InChI=1S/C36H38FN5O/c1-2-23-6-3-7-24-8-4-9-32(33(23)24)41-15-12-29-31(21-41)30(19-38)35(40-34(29)25-16-27-10-11-28(17-25)39-27)43-22-36-13-5-14-42(36)20-26(37)18-36/h1,3-4,6-9,25-28,39H,5,10-18,20-22H2. The van der Waals surface area contributed by atoms with Crippen LogP contribution in [-0.4, -0.2) is 59.9 Å². The number of nitrogens with zero attached hydrogens (tertiary/aromatic N) is 4. The van der Waals surface area contributed by atoms with Gasteiger partial charge in [0.1, 0.15) is 24.4 Å². The molecule has 1 aromatic heterocycles. The monoisotopic (exact) mass is 575 g/mol. The van der Waals surface area contributed by atoms with Crippen LogP contribution in [0.25, 0.3) is 10.8 Å². The number of aromatic nitrogens is 1. The molecular weight excluding hydrogens is 537 g/mol. The summed E-state index contributed by atoms with van der Waals surface area (Å²) in [6, 6.07) is 16.0. The minimum absolute atomic E-state index is 0.293. The number of anilines is 1. The zero-order valence-corrected chi connectivity index (χ0v) is 24.6. The van der Waals surface area contributed by atoms with E-state index in [0.717, 1.165) is 78.5 Å². The highest BCUT2D eigenvalue weighted by Gasteiger charge is 2.49. The van der Waals surface area contributed by atoms with E-state index in [2.05, 4.69) is 51.4 Å². The van der Waals surface area contributed by atoms with E-state index >= 15 is 0 Å². The van der Waals surface area contributed by atoms with Crippen molar-refractivity contribution in [2.24, 2.45) is 0 Å². The van der Waals surface area contributed by atoms with Gasteiger partial charge >= 0.3 is 0 Å². The van der Waals surface area contributed by atoms with Crippen molar-refractivity contribution in [3.8, 4) is 24.3 Å². The third-order valence-electron chi connectivity index (χ3n) is 11.0. The third kappa shape index (κ3) is 4.48. The SMILES string of the molecule is C#Cc1cccc2cccc(N3CCc4c(C5CC6CCC(C5)N6)nc(OCC56CCCN5CC(F)C6)c(C#N)c4C3)c12. The van der Waals surface area contributed by atoms with Gasteiger partial charge < -0.3 is 15.0 Å². The minimum Gasteiger partial charge on any atom is -0.475 e. The van der Waals surface area contributed by atoms with Gasteiger partial charge in [-0.25, -0.2) is 9.37 Å². The van der Waals surface area contributed by atoms with E-state index in [-0.39, 0.29) is 5.54 Å². The number of rotatable bonds is 5. The van der Waals surface area contributed by atoms with Gasteiger partial charge in [-0.15, -0.1) is 6.42 Å². The number of alkyl halides is 1. The van der Waals surface area contributed by atoms with Crippen LogP contribution in [-0.2, 0) is 13.0 Å². The average molecular weight is 576 g/mol. The molecule has 2 bridgehead atoms. The van der Waals surface area contributed by atoms with Crippen molar-refractivity contribution >= 4 is 16.5 Å². The Labute approximate surface area is 253 Å². The molecule has 43 heavy (non-hydrogen) atoms. The van der Waals surface area contributed by atoms with Gasteiger partial charge in [-0.05, 0) is 80.1 Å². The van der Waals surface area contributed by atoms with Crippen LogP contribution in [0.4, 0.5) is 10.1 Å². The first-order valence-corrected chi connectivity index (χ1v) is 16.0. The van der Waals surface area contributed by atoms with Crippen molar-refractivity contribution in [2.75, 3.05) is 31.1 Å². The fourth-order valence-electron chi connectivity index (χ4n) is 9.04. The van der Waals surface area contributed by atoms with Crippen molar-refractivity contribution in [3.63, 3.8) is 0 Å². The number of fused-ring (bicyclic) bond motifs is 5. The summed E-state index contributed by atoms with van der Waals surface area (Å²) in [5.74, 6) is 3.67. The highest BCUT2D eigenvalue weighted by molar-refractivity contribution is 5.98. The molecule has 5 aliphatic heterocycles. The Kier molecular flexibility index (Phi) is 6.58. The van der Waals surface area contributed by atoms with Crippen molar-refractivity contribution in [3.05, 3.63) is 64.3 Å². The number of hydrogen-bond acceptors (Lipinski definition) is 6. The van der Waals surface area contributed by atoms with Crippen molar-refractivity contribution in [1.82, 2.24) is 15.2 Å². The summed E-state index contributed by atoms with van der Waals surface area (Å²) >= 11 is 0. The maximum Gasteiger partial charge on any atom is 0.232 e. The lowest BCUT2D eigenvalue weighted by Gasteiger charge is -2.37. The molecule has 0 aliphatic carbocycles. The van der Waals surface area contributed by atoms with Gasteiger partial charge in [-0.3, -0.25) is 4.90 Å². The van der Waals surface area contributed by atoms with Crippen LogP contribution in [0.2, 0.25) is 0 Å². The van der Waals surface area contributed by atoms with Gasteiger partial charge in [0, 0.05) is 60.7 Å². The van der Waals surface area contributed by atoms with Crippen molar-refractivity contribution < 1.29 is 9.13 Å². The molecule has 6 nitrogen and oxygen atoms in total. The highest BCUT2D eigenvalue weighted by atomic mass is 19.1. The molecule has 8 rings (SSSR count). The predicted octanol–water partition coefficient (Wildman–Crippen LogP) is 5.60. The molecule has 220 valence electrons. The lowest BCUT2D eigenvalue weighted by atomic mass is 9.83. The Morgan fingerprint density at radius 3 is 2.72 bits per heavy atom. The zero-order valence-electron chi connectivity index (χ0n) is 24.6. The van der Waals surface area contributed by atoms with E-state index in [9.17, 15) is 9.65 Å². The lowest BCUT2D eigenvalue weighted by molar-refractivity contribution is 0.110. The maximum absolute atomic E-state index is 14.6. The molecule has 6 heterocycles. The molecule has 4 saturated heterocycles. The molecule has 0 saturated carbocycles. The van der Waals surface area contributed by atoms with Crippen LogP contribution < -0.4 is 15.0 Å². The Hall–Kier alpha value is -3.65. The van der Waals surface area contributed by atoms with Gasteiger partial charge in [0.05, 0.1) is 11.2 Å². The second kappa shape index (κ2) is 10.5. The molecular formula is C36H38FN5O. The average Bonchev–Trinajstić information content (AvgIpc) is 3.68. The molecule has 7 heteroatoms. The molecule has 5 aliphatic rings. The van der Waals surface area contributed by atoms with Crippen molar-refractivity contribution in [2.45, 2.75) is 87.6 Å². The number of nitrogens with one attached hydrogen (secondary N) is 1. The number of benzene rings is 2. The van der Waals surface area contributed by atoms with Crippen LogP contribution >= 0.6 is 0 Å². The molecule has 0 radical (unpaired) electrons. The summed E-state index contributed by atoms with van der Waals surface area (Å²) in [7, 11) is 0. The summed E-state index contributed by atoms with van der Waals surface area (Å²) in [4.78, 5) is 9.85. The predicted molar refractivity (Wildman–Crippen MR) is 166 cm³/mol. The second-order valence-electron chi connectivity index (χ2n) is 13.4. The van der Waals surface area contributed by atoms with E-state index in [1.165, 1.54) is 18.4 Å². The van der Waals surface area contributed by atoms with E-state index in [1.807, 2.05) is 12.1 Å². The van der Waals surface area contributed by atoms with Crippen LogP contribution in [0.1, 0.15) is 78.8 Å². The van der Waals surface area contributed by atoms with Crippen LogP contribution in [0, 0.1) is 23.7 Å². The Morgan fingerprint density at radius 2 is 1.93 bits per heavy atom. The lowest BCUT2D eigenvalue weighted by Crippen LogP contribution is -2.43. The number of ether oxygens (including phenoxy) is 1. The molecule has 3 aromatic rings. The summed E-state index contributed by atoms with van der Waals surface area (Å²) in [5, 5.41) is 16.6. The Balaban J connectivity index is 1.20.